The van der Waals surface area contributed by atoms with Crippen molar-refractivity contribution in [2.45, 2.75) is 24.7 Å². The van der Waals surface area contributed by atoms with Gasteiger partial charge >= 0.3 is 5.97 Å². The van der Waals surface area contributed by atoms with Gasteiger partial charge in [0.05, 0.1) is 18.4 Å². The van der Waals surface area contributed by atoms with E-state index in [0.717, 1.165) is 11.8 Å². The van der Waals surface area contributed by atoms with Gasteiger partial charge < -0.3 is 14.4 Å². The van der Waals surface area contributed by atoms with Gasteiger partial charge in [0.1, 0.15) is 0 Å². The van der Waals surface area contributed by atoms with E-state index in [2.05, 4.69) is 4.98 Å². The summed E-state index contributed by atoms with van der Waals surface area (Å²) in [7, 11) is 1.59. The fourth-order valence-electron chi connectivity index (χ4n) is 1.15. The van der Waals surface area contributed by atoms with Gasteiger partial charge in [0.15, 0.2) is 5.16 Å². The van der Waals surface area contributed by atoms with E-state index in [9.17, 15) is 9.59 Å². The molecule has 1 aromatic heterocycles. The minimum atomic E-state index is -0.945. The molecule has 1 rings (SSSR count). The molecule has 0 saturated carbocycles. The third-order valence-electron chi connectivity index (χ3n) is 2.03. The zero-order chi connectivity index (χ0) is 12.8. The molecule has 0 aliphatic heterocycles. The zero-order valence-electron chi connectivity index (χ0n) is 9.62. The second-order valence-electron chi connectivity index (χ2n) is 3.43. The number of carboxylic acid groups (broad SMARTS) is 1. The Labute approximate surface area is 103 Å². The Balaban J connectivity index is 2.87. The van der Waals surface area contributed by atoms with Gasteiger partial charge in [-0.15, -0.1) is 0 Å². The highest BCUT2D eigenvalue weighted by Crippen LogP contribution is 2.14. The van der Waals surface area contributed by atoms with E-state index in [1.165, 1.54) is 6.07 Å². The second-order valence-corrected chi connectivity index (χ2v) is 4.37. The van der Waals surface area contributed by atoms with Crippen LogP contribution < -0.4 is 5.56 Å². The summed E-state index contributed by atoms with van der Waals surface area (Å²) in [6, 6.07) is 1.34. The minimum absolute atomic E-state index is 0.0384. The van der Waals surface area contributed by atoms with Crippen LogP contribution in [0, 0.1) is 0 Å². The Morgan fingerprint density at radius 1 is 1.71 bits per heavy atom. The SMILES string of the molecule is COC(C)Cn1ccc(=O)nc1SCC(=O)O. The Morgan fingerprint density at radius 2 is 2.41 bits per heavy atom. The molecule has 0 amide bonds. The molecule has 6 nitrogen and oxygen atoms in total. The lowest BCUT2D eigenvalue weighted by Gasteiger charge is -2.14. The van der Waals surface area contributed by atoms with Gasteiger partial charge in [0.2, 0.25) is 0 Å². The van der Waals surface area contributed by atoms with Crippen LogP contribution in [0.15, 0.2) is 22.2 Å². The van der Waals surface area contributed by atoms with Gasteiger partial charge in [0, 0.05) is 19.4 Å². The summed E-state index contributed by atoms with van der Waals surface area (Å²) in [6.07, 6.45) is 1.55. The number of methoxy groups -OCH3 is 1. The van der Waals surface area contributed by atoms with Gasteiger partial charge in [-0.3, -0.25) is 9.59 Å². The van der Waals surface area contributed by atoms with Crippen molar-refractivity contribution in [3.8, 4) is 0 Å². The van der Waals surface area contributed by atoms with Crippen molar-refractivity contribution in [1.29, 1.82) is 0 Å². The predicted molar refractivity (Wildman–Crippen MR) is 63.3 cm³/mol. The van der Waals surface area contributed by atoms with Crippen LogP contribution in [0.2, 0.25) is 0 Å². The number of hydrogen-bond acceptors (Lipinski definition) is 5. The van der Waals surface area contributed by atoms with Crippen LogP contribution in [-0.2, 0) is 16.1 Å². The molecule has 1 unspecified atom stereocenters. The average molecular weight is 258 g/mol. The van der Waals surface area contributed by atoms with Crippen LogP contribution in [0.4, 0.5) is 0 Å². The van der Waals surface area contributed by atoms with E-state index in [0.29, 0.717) is 11.7 Å². The normalized spacial score (nSPS) is 12.4. The highest BCUT2D eigenvalue weighted by molar-refractivity contribution is 7.99. The number of carboxylic acids is 1. The Kier molecular flexibility index (Phi) is 5.17. The lowest BCUT2D eigenvalue weighted by Crippen LogP contribution is -2.20. The highest BCUT2D eigenvalue weighted by Gasteiger charge is 2.09. The molecule has 0 aromatic carbocycles. The van der Waals surface area contributed by atoms with E-state index in [4.69, 9.17) is 9.84 Å². The van der Waals surface area contributed by atoms with Crippen LogP contribution in [0.5, 0.6) is 0 Å². The number of thioether (sulfide) groups is 1. The Hall–Kier alpha value is -1.34. The molecule has 0 fully saturated rings. The van der Waals surface area contributed by atoms with Gasteiger partial charge in [-0.25, -0.2) is 0 Å². The van der Waals surface area contributed by atoms with Gasteiger partial charge in [-0.2, -0.15) is 4.98 Å². The maximum Gasteiger partial charge on any atom is 0.313 e. The number of nitrogens with zero attached hydrogens (tertiary/aromatic N) is 2. The number of aliphatic carboxylic acids is 1. The topological polar surface area (TPSA) is 81.4 Å². The largest absolute Gasteiger partial charge is 0.481 e. The van der Waals surface area contributed by atoms with Crippen molar-refractivity contribution >= 4 is 17.7 Å². The van der Waals surface area contributed by atoms with Crippen molar-refractivity contribution in [2.75, 3.05) is 12.9 Å². The monoisotopic (exact) mass is 258 g/mol. The molecule has 1 aromatic rings. The zero-order valence-corrected chi connectivity index (χ0v) is 10.4. The van der Waals surface area contributed by atoms with Crippen molar-refractivity contribution in [2.24, 2.45) is 0 Å². The molecule has 0 spiro atoms. The van der Waals surface area contributed by atoms with Gasteiger partial charge in [0.25, 0.3) is 5.56 Å². The smallest absolute Gasteiger partial charge is 0.313 e. The minimum Gasteiger partial charge on any atom is -0.481 e. The lowest BCUT2D eigenvalue weighted by atomic mass is 10.4. The second kappa shape index (κ2) is 6.41. The van der Waals surface area contributed by atoms with Gasteiger partial charge in [-0.1, -0.05) is 11.8 Å². The first-order valence-electron chi connectivity index (χ1n) is 4.98. The molecule has 1 atom stereocenters. The first-order chi connectivity index (χ1) is 8.02. The average Bonchev–Trinajstić information content (AvgIpc) is 2.29. The third-order valence-corrected chi connectivity index (χ3v) is 3.00. The standard InChI is InChI=1S/C10H14N2O4S/c1-7(16-2)5-12-4-3-8(13)11-10(12)17-6-9(14)15/h3-4,7H,5-6H2,1-2H3,(H,14,15). The van der Waals surface area contributed by atoms with E-state index in [1.54, 1.807) is 17.9 Å². The predicted octanol–water partition coefficient (Wildman–Crippen LogP) is 0.455. The van der Waals surface area contributed by atoms with E-state index in [1.807, 2.05) is 6.92 Å². The number of carbonyl (C=O) groups is 1. The molecule has 1 N–H and O–H groups in total. The lowest BCUT2D eigenvalue weighted by molar-refractivity contribution is -0.133. The molecule has 0 aliphatic rings. The number of ether oxygens (including phenoxy) is 1. The summed E-state index contributed by atoms with van der Waals surface area (Å²) in [4.78, 5) is 25.4. The third kappa shape index (κ3) is 4.58. The molecule has 17 heavy (non-hydrogen) atoms. The summed E-state index contributed by atoms with van der Waals surface area (Å²) in [5, 5.41) is 8.99. The van der Waals surface area contributed by atoms with E-state index in [-0.39, 0.29) is 17.4 Å². The first kappa shape index (κ1) is 13.7. The van der Waals surface area contributed by atoms with Crippen molar-refractivity contribution < 1.29 is 14.6 Å². The summed E-state index contributed by atoms with van der Waals surface area (Å²) in [5.41, 5.74) is -0.376. The van der Waals surface area contributed by atoms with Crippen LogP contribution >= 0.6 is 11.8 Å². The van der Waals surface area contributed by atoms with Crippen LogP contribution in [0.1, 0.15) is 6.92 Å². The molecule has 0 aliphatic carbocycles. The summed E-state index contributed by atoms with van der Waals surface area (Å²) < 4.78 is 6.82. The van der Waals surface area contributed by atoms with Crippen LogP contribution in [0.25, 0.3) is 0 Å². The summed E-state index contributed by atoms with van der Waals surface area (Å²) in [5.74, 6) is -1.07. The molecule has 1 heterocycles. The summed E-state index contributed by atoms with van der Waals surface area (Å²) >= 11 is 1.02. The molecule has 0 radical (unpaired) electrons. The molecule has 94 valence electrons. The molecular formula is C10H14N2O4S. The number of hydrogen-bond donors (Lipinski definition) is 1. The molecule has 7 heteroatoms. The van der Waals surface area contributed by atoms with Crippen molar-refractivity contribution in [3.05, 3.63) is 22.6 Å². The van der Waals surface area contributed by atoms with Crippen molar-refractivity contribution in [3.63, 3.8) is 0 Å². The molecule has 0 bridgehead atoms. The highest BCUT2D eigenvalue weighted by atomic mass is 32.2. The number of rotatable bonds is 6. The fourth-order valence-corrected chi connectivity index (χ4v) is 1.85. The quantitative estimate of drug-likeness (QED) is 0.589. The maximum atomic E-state index is 11.1. The van der Waals surface area contributed by atoms with Gasteiger partial charge in [-0.05, 0) is 6.92 Å². The van der Waals surface area contributed by atoms with Crippen molar-refractivity contribution in [1.82, 2.24) is 9.55 Å². The molecule has 0 saturated heterocycles. The Morgan fingerprint density at radius 3 is 3.00 bits per heavy atom. The van der Waals surface area contributed by atoms with Crippen LogP contribution in [-0.4, -0.2) is 39.6 Å². The maximum absolute atomic E-state index is 11.1. The fraction of sp³-hybridized carbons (Fsp3) is 0.500. The number of aromatic nitrogens is 2. The summed E-state index contributed by atoms with van der Waals surface area (Å²) in [6.45, 7) is 2.40. The van der Waals surface area contributed by atoms with Crippen LogP contribution in [0.3, 0.4) is 0 Å². The van der Waals surface area contributed by atoms with E-state index >= 15 is 0 Å². The Bertz CT molecular complexity index is 446. The molecular weight excluding hydrogens is 244 g/mol. The first-order valence-corrected chi connectivity index (χ1v) is 5.96. The van der Waals surface area contributed by atoms with E-state index < -0.39 is 5.97 Å².